The standard InChI is InChI=1S/C15H11BrN2O6/c1-23-15(20)11(17-14(19)12-5-6-13(16)24-12)8-9-3-2-4-10(7-9)18(21)22/h2-8H,1H3,(H,17,19). The highest BCUT2D eigenvalue weighted by Gasteiger charge is 2.18. The highest BCUT2D eigenvalue weighted by molar-refractivity contribution is 9.10. The first-order valence-corrected chi connectivity index (χ1v) is 7.31. The third kappa shape index (κ3) is 4.29. The van der Waals surface area contributed by atoms with Crippen LogP contribution >= 0.6 is 15.9 Å². The highest BCUT2D eigenvalue weighted by atomic mass is 79.9. The molecule has 0 saturated carbocycles. The molecule has 0 aliphatic rings. The maximum atomic E-state index is 12.1. The monoisotopic (exact) mass is 394 g/mol. The topological polar surface area (TPSA) is 112 Å². The van der Waals surface area contributed by atoms with Crippen LogP contribution < -0.4 is 5.32 Å². The Morgan fingerprint density at radius 3 is 2.67 bits per heavy atom. The molecule has 0 fully saturated rings. The first-order valence-electron chi connectivity index (χ1n) is 6.52. The molecule has 24 heavy (non-hydrogen) atoms. The molecule has 8 nitrogen and oxygen atoms in total. The van der Waals surface area contributed by atoms with E-state index in [1.165, 1.54) is 36.4 Å². The molecule has 2 rings (SSSR count). The number of rotatable bonds is 5. The fourth-order valence-electron chi connectivity index (χ4n) is 1.77. The Labute approximate surface area is 144 Å². The molecule has 0 aliphatic carbocycles. The van der Waals surface area contributed by atoms with Gasteiger partial charge < -0.3 is 14.5 Å². The maximum Gasteiger partial charge on any atom is 0.354 e. The van der Waals surface area contributed by atoms with Gasteiger partial charge in [-0.3, -0.25) is 14.9 Å². The summed E-state index contributed by atoms with van der Waals surface area (Å²) in [4.78, 5) is 34.1. The fourth-order valence-corrected chi connectivity index (χ4v) is 2.08. The van der Waals surface area contributed by atoms with Crippen LogP contribution in [0.3, 0.4) is 0 Å². The molecule has 1 N–H and O–H groups in total. The molecule has 0 spiro atoms. The third-order valence-electron chi connectivity index (χ3n) is 2.84. The smallest absolute Gasteiger partial charge is 0.354 e. The average Bonchev–Trinajstić information content (AvgIpc) is 3.00. The van der Waals surface area contributed by atoms with E-state index in [0.717, 1.165) is 7.11 Å². The Kier molecular flexibility index (Phi) is 5.48. The van der Waals surface area contributed by atoms with Crippen molar-refractivity contribution in [3.63, 3.8) is 0 Å². The van der Waals surface area contributed by atoms with Gasteiger partial charge in [0.2, 0.25) is 0 Å². The van der Waals surface area contributed by atoms with Crippen LogP contribution in [0.1, 0.15) is 16.1 Å². The van der Waals surface area contributed by atoms with Crippen LogP contribution in [0.5, 0.6) is 0 Å². The molecule has 1 heterocycles. The van der Waals surface area contributed by atoms with Crippen LogP contribution in [0.25, 0.3) is 6.08 Å². The number of non-ortho nitro benzene ring substituents is 1. The number of ether oxygens (including phenoxy) is 1. The van der Waals surface area contributed by atoms with Gasteiger partial charge in [0, 0.05) is 12.1 Å². The Balaban J connectivity index is 2.31. The summed E-state index contributed by atoms with van der Waals surface area (Å²) in [5, 5.41) is 13.2. The second kappa shape index (κ2) is 7.55. The first kappa shape index (κ1) is 17.4. The van der Waals surface area contributed by atoms with Gasteiger partial charge in [0.05, 0.1) is 12.0 Å². The molecular formula is C15H11BrN2O6. The van der Waals surface area contributed by atoms with Crippen LogP contribution in [-0.4, -0.2) is 23.9 Å². The van der Waals surface area contributed by atoms with Crippen molar-refractivity contribution in [3.05, 3.63) is 68.2 Å². The van der Waals surface area contributed by atoms with Gasteiger partial charge in [-0.2, -0.15) is 0 Å². The fraction of sp³-hybridized carbons (Fsp3) is 0.0667. The van der Waals surface area contributed by atoms with Crippen LogP contribution in [0.4, 0.5) is 5.69 Å². The van der Waals surface area contributed by atoms with Gasteiger partial charge in [0.1, 0.15) is 5.70 Å². The maximum absolute atomic E-state index is 12.1. The number of hydrogen-bond donors (Lipinski definition) is 1. The van der Waals surface area contributed by atoms with Crippen molar-refractivity contribution in [2.45, 2.75) is 0 Å². The number of carbonyl (C=O) groups is 2. The summed E-state index contributed by atoms with van der Waals surface area (Å²) in [5.41, 5.74) is 0.0234. The van der Waals surface area contributed by atoms with Gasteiger partial charge in [-0.15, -0.1) is 0 Å². The zero-order valence-electron chi connectivity index (χ0n) is 12.3. The van der Waals surface area contributed by atoms with Gasteiger partial charge >= 0.3 is 5.97 Å². The summed E-state index contributed by atoms with van der Waals surface area (Å²) in [5.74, 6) is -1.49. The molecule has 0 atom stereocenters. The van der Waals surface area contributed by atoms with E-state index in [4.69, 9.17) is 4.42 Å². The normalized spacial score (nSPS) is 11.0. The number of esters is 1. The summed E-state index contributed by atoms with van der Waals surface area (Å²) >= 11 is 3.07. The van der Waals surface area contributed by atoms with Crippen LogP contribution in [-0.2, 0) is 9.53 Å². The largest absolute Gasteiger partial charge is 0.464 e. The molecule has 0 bridgehead atoms. The lowest BCUT2D eigenvalue weighted by Crippen LogP contribution is -2.27. The second-order valence-corrected chi connectivity index (χ2v) is 5.24. The first-order chi connectivity index (χ1) is 11.4. The van der Waals surface area contributed by atoms with E-state index >= 15 is 0 Å². The highest BCUT2D eigenvalue weighted by Crippen LogP contribution is 2.17. The molecule has 0 unspecified atom stereocenters. The molecule has 9 heteroatoms. The minimum Gasteiger partial charge on any atom is -0.464 e. The SMILES string of the molecule is COC(=O)C(=Cc1cccc([N+](=O)[O-])c1)NC(=O)c1ccc(Br)o1. The Bertz CT molecular complexity index is 827. The molecular weight excluding hydrogens is 384 g/mol. The molecule has 2 aromatic rings. The zero-order valence-corrected chi connectivity index (χ0v) is 13.9. The third-order valence-corrected chi connectivity index (χ3v) is 3.27. The lowest BCUT2D eigenvalue weighted by Gasteiger charge is -2.07. The van der Waals surface area contributed by atoms with Gasteiger partial charge in [0.15, 0.2) is 10.4 Å². The van der Waals surface area contributed by atoms with Crippen LogP contribution in [0.15, 0.2) is 51.2 Å². The van der Waals surface area contributed by atoms with E-state index in [9.17, 15) is 19.7 Å². The molecule has 0 saturated heterocycles. The second-order valence-electron chi connectivity index (χ2n) is 4.46. The minimum atomic E-state index is -0.805. The zero-order chi connectivity index (χ0) is 17.7. The number of nitrogens with one attached hydrogen (secondary N) is 1. The predicted octanol–water partition coefficient (Wildman–Crippen LogP) is 2.89. The average molecular weight is 395 g/mol. The van der Waals surface area contributed by atoms with Crippen molar-refractivity contribution >= 4 is 39.6 Å². The molecule has 1 aromatic carbocycles. The van der Waals surface area contributed by atoms with Crippen molar-refractivity contribution in [2.75, 3.05) is 7.11 Å². The summed E-state index contributed by atoms with van der Waals surface area (Å²) in [7, 11) is 1.15. The molecule has 0 radical (unpaired) electrons. The van der Waals surface area contributed by atoms with Crippen molar-refractivity contribution in [1.29, 1.82) is 0 Å². The quantitative estimate of drug-likeness (QED) is 0.361. The summed E-state index contributed by atoms with van der Waals surface area (Å²) < 4.78 is 10.1. The molecule has 1 aromatic heterocycles. The van der Waals surface area contributed by atoms with E-state index in [2.05, 4.69) is 26.0 Å². The van der Waals surface area contributed by atoms with Crippen molar-refractivity contribution in [2.24, 2.45) is 0 Å². The van der Waals surface area contributed by atoms with Crippen molar-refractivity contribution in [1.82, 2.24) is 5.32 Å². The van der Waals surface area contributed by atoms with Crippen molar-refractivity contribution in [3.8, 4) is 0 Å². The van der Waals surface area contributed by atoms with E-state index in [1.807, 2.05) is 0 Å². The number of furan rings is 1. The molecule has 124 valence electrons. The lowest BCUT2D eigenvalue weighted by molar-refractivity contribution is -0.384. The Hall–Kier alpha value is -2.94. The molecule has 1 amide bonds. The minimum absolute atomic E-state index is 0.0179. The van der Waals surface area contributed by atoms with Crippen LogP contribution in [0, 0.1) is 10.1 Å². The number of nitro benzene ring substituents is 1. The van der Waals surface area contributed by atoms with Gasteiger partial charge in [-0.25, -0.2) is 4.79 Å². The Morgan fingerprint density at radius 1 is 1.33 bits per heavy atom. The number of methoxy groups -OCH3 is 1. The number of hydrogen-bond acceptors (Lipinski definition) is 6. The lowest BCUT2D eigenvalue weighted by atomic mass is 10.1. The number of amides is 1. The van der Waals surface area contributed by atoms with E-state index in [-0.39, 0.29) is 17.1 Å². The number of nitro groups is 1. The van der Waals surface area contributed by atoms with E-state index in [0.29, 0.717) is 10.2 Å². The Morgan fingerprint density at radius 2 is 2.08 bits per heavy atom. The van der Waals surface area contributed by atoms with Crippen LogP contribution in [0.2, 0.25) is 0 Å². The summed E-state index contributed by atoms with van der Waals surface area (Å²) in [6, 6.07) is 8.53. The molecule has 0 aliphatic heterocycles. The van der Waals surface area contributed by atoms with Gasteiger partial charge in [-0.05, 0) is 39.7 Å². The van der Waals surface area contributed by atoms with Gasteiger partial charge in [-0.1, -0.05) is 12.1 Å². The predicted molar refractivity (Wildman–Crippen MR) is 87.0 cm³/mol. The summed E-state index contributed by atoms with van der Waals surface area (Å²) in [6.07, 6.45) is 1.27. The number of carbonyl (C=O) groups excluding carboxylic acids is 2. The van der Waals surface area contributed by atoms with Crippen molar-refractivity contribution < 1.29 is 23.7 Å². The van der Waals surface area contributed by atoms with Gasteiger partial charge in [0.25, 0.3) is 11.6 Å². The number of halogens is 1. The number of benzene rings is 1. The van der Waals surface area contributed by atoms with E-state index in [1.54, 1.807) is 6.07 Å². The summed E-state index contributed by atoms with van der Waals surface area (Å²) in [6.45, 7) is 0. The van der Waals surface area contributed by atoms with E-state index < -0.39 is 16.8 Å². The number of nitrogens with zero attached hydrogens (tertiary/aromatic N) is 1.